The van der Waals surface area contributed by atoms with Crippen LogP contribution < -0.4 is 120 Å². The summed E-state index contributed by atoms with van der Waals surface area (Å²) in [5.74, 6) is -12.6. The molecule has 0 saturated heterocycles. The van der Waals surface area contributed by atoms with Crippen molar-refractivity contribution in [3.63, 3.8) is 0 Å². The minimum atomic E-state index is -1.95. The van der Waals surface area contributed by atoms with Crippen molar-refractivity contribution in [3.05, 3.63) is 144 Å². The summed E-state index contributed by atoms with van der Waals surface area (Å²) in [6, 6.07) is 11.0. The molecule has 8 rings (SSSR count). The first-order valence-electron chi connectivity index (χ1n) is 44.8. The van der Waals surface area contributed by atoms with Crippen molar-refractivity contribution in [2.24, 2.45) is 52.0 Å². The summed E-state index contributed by atoms with van der Waals surface area (Å²) < 4.78 is 0. The maximum absolute atomic E-state index is 15.8. The molecule has 0 bridgehead atoms. The lowest BCUT2D eigenvalue weighted by Crippen LogP contribution is -2.62. The van der Waals surface area contributed by atoms with E-state index < -0.39 is 161 Å². The first-order chi connectivity index (χ1) is 63.5. The highest BCUT2D eigenvalue weighted by Gasteiger charge is 2.40. The number of aliphatic hydroxyl groups is 1. The van der Waals surface area contributed by atoms with Crippen LogP contribution in [0.5, 0.6) is 0 Å². The van der Waals surface area contributed by atoms with Gasteiger partial charge in [-0.2, -0.15) is 0 Å². The number of nitrogens with two attached hydrogens (primary N) is 7. The number of aromatic nitrogens is 4. The molecule has 4 aromatic carbocycles. The van der Waals surface area contributed by atoms with Crippen molar-refractivity contribution in [3.8, 4) is 0 Å². The SMILES string of the molecule is CC(C)C[C@H](NC(=O)[C@H](CCCNC(=N)N)NC(=O)[C@H](Cc1c[nH]c2ccccc12)NC(=O)[C@H](CCCNC(=N)N)NC(=O)[C@@H](NC(=O)[C@H](Cc1c[nH]c2ccccc12)NC(=O)[C@H](Cc1c[nH]c2ccccc12)NC(=O)[C@H](CCCNC(=N)N)NC(=O)[C@H](CC(C)C)NC(=O)[C@H](Cc1c[nH]c2ccccc12)NC(=O)[C@@H](N)CCCNC(=N)N)[C@@H](C)O)C(=O)N[C@@H](CCCCN)C(N)=O. The number of guanidine groups is 4. The summed E-state index contributed by atoms with van der Waals surface area (Å²) in [6.45, 7) is 9.04. The lowest BCUT2D eigenvalue weighted by Gasteiger charge is -2.29. The van der Waals surface area contributed by atoms with E-state index >= 15 is 33.6 Å². The number of carbonyl (C=O) groups excluding carboxylic acids is 12. The number of rotatable bonds is 56. The Kier molecular flexibility index (Phi) is 40.6. The van der Waals surface area contributed by atoms with Crippen LogP contribution in [0.15, 0.2) is 122 Å². The van der Waals surface area contributed by atoms with Crippen molar-refractivity contribution in [2.45, 2.75) is 222 Å². The molecule has 0 spiro atoms. The number of carbonyl (C=O) groups is 12. The molecule has 13 atom stereocenters. The van der Waals surface area contributed by atoms with Crippen molar-refractivity contribution in [2.75, 3.05) is 32.7 Å². The van der Waals surface area contributed by atoms with Crippen molar-refractivity contribution in [1.82, 2.24) is 99.7 Å². The predicted molar refractivity (Wildman–Crippen MR) is 507 cm³/mol. The molecule has 0 aliphatic rings. The number of H-pyrrole nitrogens is 4. The van der Waals surface area contributed by atoms with E-state index in [1.807, 2.05) is 52.0 Å². The maximum Gasteiger partial charge on any atom is 0.245 e. The molecule has 133 heavy (non-hydrogen) atoms. The Labute approximate surface area is 769 Å². The number of primary amides is 1. The molecule has 720 valence electrons. The summed E-state index contributed by atoms with van der Waals surface area (Å²) in [7, 11) is 0. The third-order valence-electron chi connectivity index (χ3n) is 22.5. The molecule has 0 aliphatic carbocycles. The molecule has 0 aliphatic heterocycles. The Morgan fingerprint density at radius 2 is 0.564 bits per heavy atom. The topological polar surface area (TPSA) is 746 Å². The van der Waals surface area contributed by atoms with E-state index in [9.17, 15) is 29.1 Å². The number of amides is 12. The van der Waals surface area contributed by atoms with E-state index in [0.717, 1.165) is 10.9 Å². The molecular weight excluding hydrogens is 1710 g/mol. The van der Waals surface area contributed by atoms with Crippen LogP contribution in [-0.4, -0.2) is 231 Å². The van der Waals surface area contributed by atoms with Gasteiger partial charge in [-0.1, -0.05) is 100 Å². The molecule has 4 aromatic heterocycles. The number of fused-ring (bicyclic) bond motifs is 4. The first kappa shape index (κ1) is 104. The Hall–Kier alpha value is -14.4. The number of hydrogen-bond acceptors (Lipinski definition) is 19. The van der Waals surface area contributed by atoms with Gasteiger partial charge in [0, 0.05) is 120 Å². The lowest BCUT2D eigenvalue weighted by molar-refractivity contribution is -0.137. The van der Waals surface area contributed by atoms with E-state index in [0.29, 0.717) is 80.8 Å². The van der Waals surface area contributed by atoms with Crippen LogP contribution in [-0.2, 0) is 83.2 Å². The highest BCUT2D eigenvalue weighted by molar-refractivity contribution is 6.01. The quantitative estimate of drug-likeness (QED) is 0.0119. The van der Waals surface area contributed by atoms with Gasteiger partial charge in [-0.05, 0) is 155 Å². The van der Waals surface area contributed by atoms with E-state index in [-0.39, 0.29) is 140 Å². The van der Waals surface area contributed by atoms with E-state index in [1.54, 1.807) is 97.6 Å². The third-order valence-corrected chi connectivity index (χ3v) is 22.5. The van der Waals surface area contributed by atoms with Crippen molar-refractivity contribution < 1.29 is 62.6 Å². The zero-order valence-corrected chi connectivity index (χ0v) is 75.7. The molecule has 0 fully saturated rings. The fourth-order valence-electron chi connectivity index (χ4n) is 15.6. The van der Waals surface area contributed by atoms with E-state index in [1.165, 1.54) is 6.92 Å². The predicted octanol–water partition coefficient (Wildman–Crippen LogP) is -1.32. The molecule has 12 amide bonds. The smallest absolute Gasteiger partial charge is 0.245 e. The summed E-state index contributed by atoms with van der Waals surface area (Å²) in [5, 5.41) is 86.5. The normalized spacial score (nSPS) is 14.3. The molecular formula is C90H132N30O13. The minimum absolute atomic E-state index is 0.00357. The van der Waals surface area contributed by atoms with Gasteiger partial charge < -0.3 is 145 Å². The molecule has 38 N–H and O–H groups in total. The largest absolute Gasteiger partial charge is 0.391 e. The van der Waals surface area contributed by atoms with Gasteiger partial charge in [0.05, 0.1) is 12.1 Å². The number of aliphatic hydroxyl groups excluding tert-OH is 1. The summed E-state index contributed by atoms with van der Waals surface area (Å²) in [6.07, 6.45) is 5.24. The number of nitrogens with one attached hydrogen (secondary N) is 23. The average molecular weight is 1840 g/mol. The summed E-state index contributed by atoms with van der Waals surface area (Å²) >= 11 is 0. The van der Waals surface area contributed by atoms with Gasteiger partial charge in [0.15, 0.2) is 23.8 Å². The third kappa shape index (κ3) is 32.9. The Balaban J connectivity index is 1.10. The second kappa shape index (κ2) is 51.9. The van der Waals surface area contributed by atoms with Gasteiger partial charge >= 0.3 is 0 Å². The average Bonchev–Trinajstić information content (AvgIpc) is 1.71. The molecule has 43 heteroatoms. The van der Waals surface area contributed by atoms with Crippen LogP contribution >= 0.6 is 0 Å². The molecule has 43 nitrogen and oxygen atoms in total. The monoisotopic (exact) mass is 1840 g/mol. The fraction of sp³-hybridized carbons (Fsp3) is 0.467. The number of hydrogen-bond donors (Lipinski definition) is 31. The molecule has 0 radical (unpaired) electrons. The Morgan fingerprint density at radius 3 is 0.857 bits per heavy atom. The summed E-state index contributed by atoms with van der Waals surface area (Å²) in [5.41, 5.74) is 45.1. The Morgan fingerprint density at radius 1 is 0.316 bits per heavy atom. The van der Waals surface area contributed by atoms with Crippen LogP contribution in [0.4, 0.5) is 0 Å². The zero-order chi connectivity index (χ0) is 97.0. The number of benzene rings is 4. The van der Waals surface area contributed by atoms with Gasteiger partial charge in [-0.15, -0.1) is 0 Å². The van der Waals surface area contributed by atoms with Crippen LogP contribution in [0.3, 0.4) is 0 Å². The highest BCUT2D eigenvalue weighted by Crippen LogP contribution is 2.26. The molecule has 8 aromatic rings. The van der Waals surface area contributed by atoms with Crippen LogP contribution in [0.2, 0.25) is 0 Å². The van der Waals surface area contributed by atoms with Crippen LogP contribution in [0.25, 0.3) is 43.6 Å². The van der Waals surface area contributed by atoms with Gasteiger partial charge in [0.25, 0.3) is 0 Å². The second-order valence-electron chi connectivity index (χ2n) is 34.1. The molecule has 0 unspecified atom stereocenters. The standard InChI is InChI=1S/C90H132N30O13/c1-48(2)38-68(80(127)110-64(75(93)122)29-14-15-33-91)115-77(124)65(30-17-35-103-88(96)97)112-82(129)71(41-52-45-107-61-26-11-7-21-56(52)61)117-79(126)67(32-19-37-105-90(100)101)113-86(133)74(50(5)121)120-85(132)73(43-54-47-109-63-28-13-9-23-58(54)63)119-84(131)72(42-53-46-108-62-27-12-8-22-57(53)62)118-78(125)66(31-18-36-104-89(98)99)111-81(128)69(39-49(3)4)116-83(130)70(40-51-44-106-60-25-10-6-20-55(51)60)114-76(123)59(92)24-16-34-102-87(94)95/h6-13,20-23,25-28,44-50,59,64-74,106-109,121H,14-19,24,29-43,91-92H2,1-5H3,(H2,93,122)(H,110,127)(H,111,128)(H,112,129)(H,113,133)(H,114,123)(H,115,124)(H,116,130)(H,117,126)(H,118,125)(H,119,131)(H,120,132)(H4,94,95,102)(H4,96,97,103)(H4,98,99,104)(H4,100,101,105)/t50-,59+,64+,65+,66+,67+,68+,69+,70+,71+,72+,73+,74+/m1/s1. The Bertz CT molecular complexity index is 5330. The number of para-hydroxylation sites is 4. The second-order valence-corrected chi connectivity index (χ2v) is 34.1. The zero-order valence-electron chi connectivity index (χ0n) is 75.7. The van der Waals surface area contributed by atoms with E-state index in [4.69, 9.17) is 61.8 Å². The van der Waals surface area contributed by atoms with E-state index in [2.05, 4.69) is 99.7 Å². The van der Waals surface area contributed by atoms with Gasteiger partial charge in [-0.3, -0.25) is 79.2 Å². The van der Waals surface area contributed by atoms with Gasteiger partial charge in [0.2, 0.25) is 70.9 Å². The van der Waals surface area contributed by atoms with Crippen LogP contribution in [0, 0.1) is 33.5 Å². The molecule has 4 heterocycles. The lowest BCUT2D eigenvalue weighted by atomic mass is 9.99. The van der Waals surface area contributed by atoms with Crippen molar-refractivity contribution in [1.29, 1.82) is 21.6 Å². The number of unbranched alkanes of at least 4 members (excludes halogenated alkanes) is 1. The number of aromatic amines is 4. The summed E-state index contributed by atoms with van der Waals surface area (Å²) in [4.78, 5) is 191. The fourth-order valence-corrected chi connectivity index (χ4v) is 15.6. The van der Waals surface area contributed by atoms with Gasteiger partial charge in [-0.25, -0.2) is 0 Å². The molecule has 0 saturated carbocycles. The van der Waals surface area contributed by atoms with Crippen LogP contribution in [0.1, 0.15) is 140 Å². The minimum Gasteiger partial charge on any atom is -0.391 e. The highest BCUT2D eigenvalue weighted by atomic mass is 16.3. The first-order valence-corrected chi connectivity index (χ1v) is 44.8. The van der Waals surface area contributed by atoms with Gasteiger partial charge in [0.1, 0.15) is 66.5 Å². The maximum atomic E-state index is 15.8. The van der Waals surface area contributed by atoms with Crippen molar-refractivity contribution >= 4 is 138 Å².